The summed E-state index contributed by atoms with van der Waals surface area (Å²) in [6, 6.07) is 14.0. The first-order valence-electron chi connectivity index (χ1n) is 8.57. The van der Waals surface area contributed by atoms with Crippen LogP contribution in [-0.2, 0) is 6.54 Å². The maximum atomic E-state index is 12.6. The van der Waals surface area contributed by atoms with Gasteiger partial charge in [-0.05, 0) is 30.3 Å². The van der Waals surface area contributed by atoms with Crippen molar-refractivity contribution in [1.82, 2.24) is 9.97 Å². The van der Waals surface area contributed by atoms with E-state index >= 15 is 0 Å². The number of aromatic amines is 1. The summed E-state index contributed by atoms with van der Waals surface area (Å²) in [4.78, 5) is 19.0. The van der Waals surface area contributed by atoms with Crippen LogP contribution < -0.4 is 20.3 Å². The number of methoxy groups -OCH3 is 1. The van der Waals surface area contributed by atoms with Gasteiger partial charge in [-0.2, -0.15) is 5.26 Å². The summed E-state index contributed by atoms with van der Waals surface area (Å²) in [5.74, 6) is 0.206. The van der Waals surface area contributed by atoms with E-state index in [1.807, 2.05) is 6.07 Å². The van der Waals surface area contributed by atoms with Crippen LogP contribution in [0.3, 0.4) is 0 Å². The Hall–Kier alpha value is -4.00. The largest absolute Gasteiger partial charge is 0.573 e. The fourth-order valence-corrected chi connectivity index (χ4v) is 2.67. The van der Waals surface area contributed by atoms with E-state index < -0.39 is 11.9 Å². The van der Waals surface area contributed by atoms with Gasteiger partial charge in [-0.3, -0.25) is 9.78 Å². The summed E-state index contributed by atoms with van der Waals surface area (Å²) >= 11 is 0. The SMILES string of the molecule is COc1ccc(-c2nc(NCc3ccccc3OC(F)(F)F)[nH]c(=O)c2C#N)cc1. The van der Waals surface area contributed by atoms with Crippen LogP contribution in [0, 0.1) is 11.3 Å². The number of ether oxygens (including phenoxy) is 2. The highest BCUT2D eigenvalue weighted by atomic mass is 19.4. The quantitative estimate of drug-likeness (QED) is 0.634. The molecule has 3 rings (SSSR count). The van der Waals surface area contributed by atoms with Crippen molar-refractivity contribution in [3.05, 3.63) is 70.0 Å². The Morgan fingerprint density at radius 1 is 1.17 bits per heavy atom. The molecule has 0 amide bonds. The topological polar surface area (TPSA) is 100 Å². The number of nitrogens with one attached hydrogen (secondary N) is 2. The van der Waals surface area contributed by atoms with Gasteiger partial charge in [0.1, 0.15) is 23.1 Å². The van der Waals surface area contributed by atoms with Crippen molar-refractivity contribution >= 4 is 5.95 Å². The minimum atomic E-state index is -4.83. The number of hydrogen-bond donors (Lipinski definition) is 2. The second kappa shape index (κ2) is 8.57. The van der Waals surface area contributed by atoms with Crippen molar-refractivity contribution in [2.24, 2.45) is 0 Å². The highest BCUT2D eigenvalue weighted by Crippen LogP contribution is 2.27. The van der Waals surface area contributed by atoms with Gasteiger partial charge < -0.3 is 14.8 Å². The molecule has 0 saturated heterocycles. The molecule has 3 aromatic rings. The van der Waals surface area contributed by atoms with Crippen LogP contribution in [0.15, 0.2) is 53.3 Å². The second-order valence-electron chi connectivity index (χ2n) is 5.99. The average Bonchev–Trinajstić information content (AvgIpc) is 2.71. The Labute approximate surface area is 168 Å². The number of aromatic nitrogens is 2. The minimum absolute atomic E-state index is 0.00775. The minimum Gasteiger partial charge on any atom is -0.497 e. The van der Waals surface area contributed by atoms with E-state index in [1.54, 1.807) is 30.3 Å². The molecule has 30 heavy (non-hydrogen) atoms. The van der Waals surface area contributed by atoms with Crippen LogP contribution in [0.5, 0.6) is 11.5 Å². The Morgan fingerprint density at radius 3 is 2.50 bits per heavy atom. The number of nitrogens with zero attached hydrogens (tertiary/aromatic N) is 2. The molecule has 0 spiro atoms. The number of nitriles is 1. The van der Waals surface area contributed by atoms with E-state index in [1.165, 1.54) is 25.3 Å². The lowest BCUT2D eigenvalue weighted by molar-refractivity contribution is -0.274. The molecule has 0 unspecified atom stereocenters. The molecule has 0 aliphatic rings. The van der Waals surface area contributed by atoms with E-state index in [-0.39, 0.29) is 35.1 Å². The lowest BCUT2D eigenvalue weighted by atomic mass is 10.1. The zero-order valence-electron chi connectivity index (χ0n) is 15.6. The summed E-state index contributed by atoms with van der Waals surface area (Å²) in [6.07, 6.45) is -4.83. The summed E-state index contributed by atoms with van der Waals surface area (Å²) in [5.41, 5.74) is -0.0338. The van der Waals surface area contributed by atoms with Crippen LogP contribution in [0.4, 0.5) is 19.1 Å². The average molecular weight is 416 g/mol. The highest BCUT2D eigenvalue weighted by Gasteiger charge is 2.32. The standard InChI is InChI=1S/C20H15F3N4O3/c1-29-14-8-6-12(7-9-14)17-15(10-24)18(28)27-19(26-17)25-11-13-4-2-3-5-16(13)30-20(21,22)23/h2-9H,11H2,1H3,(H2,25,26,27,28). The third-order valence-electron chi connectivity index (χ3n) is 4.04. The normalized spacial score (nSPS) is 10.9. The predicted molar refractivity (Wildman–Crippen MR) is 102 cm³/mol. The van der Waals surface area contributed by atoms with Gasteiger partial charge in [0.2, 0.25) is 5.95 Å². The zero-order chi connectivity index (χ0) is 21.7. The van der Waals surface area contributed by atoms with Crippen LogP contribution in [0.1, 0.15) is 11.1 Å². The lowest BCUT2D eigenvalue weighted by Crippen LogP contribution is -2.19. The third kappa shape index (κ3) is 4.88. The number of para-hydroxylation sites is 1. The number of H-pyrrole nitrogens is 1. The molecule has 2 N–H and O–H groups in total. The summed E-state index contributed by atoms with van der Waals surface area (Å²) in [6.45, 7) is -0.108. The predicted octanol–water partition coefficient (Wildman–Crippen LogP) is 3.83. The third-order valence-corrected chi connectivity index (χ3v) is 4.04. The van der Waals surface area contributed by atoms with Gasteiger partial charge in [0.05, 0.1) is 12.8 Å². The molecule has 1 aromatic heterocycles. The number of halogens is 3. The Morgan fingerprint density at radius 2 is 1.87 bits per heavy atom. The van der Waals surface area contributed by atoms with Gasteiger partial charge in [-0.1, -0.05) is 18.2 Å². The Kier molecular flexibility index (Phi) is 5.92. The molecule has 1 heterocycles. The number of alkyl halides is 3. The van der Waals surface area contributed by atoms with Crippen LogP contribution in [0.2, 0.25) is 0 Å². The Bertz CT molecular complexity index is 1140. The number of rotatable bonds is 6. The first kappa shape index (κ1) is 20.7. The van der Waals surface area contributed by atoms with Crippen LogP contribution in [0.25, 0.3) is 11.3 Å². The molecule has 0 bridgehead atoms. The first-order valence-corrected chi connectivity index (χ1v) is 8.57. The maximum Gasteiger partial charge on any atom is 0.573 e. The van der Waals surface area contributed by atoms with Crippen molar-refractivity contribution in [3.8, 4) is 28.8 Å². The van der Waals surface area contributed by atoms with Gasteiger partial charge in [-0.15, -0.1) is 13.2 Å². The van der Waals surface area contributed by atoms with Crippen LogP contribution in [-0.4, -0.2) is 23.4 Å². The molecule has 154 valence electrons. The molecule has 10 heteroatoms. The molecule has 7 nitrogen and oxygen atoms in total. The van der Waals surface area contributed by atoms with Crippen molar-refractivity contribution in [2.75, 3.05) is 12.4 Å². The summed E-state index contributed by atoms with van der Waals surface area (Å²) in [5, 5.41) is 12.1. The molecule has 0 atom stereocenters. The van der Waals surface area contributed by atoms with E-state index in [9.17, 15) is 23.2 Å². The Balaban J connectivity index is 1.90. The van der Waals surface area contributed by atoms with E-state index in [4.69, 9.17) is 4.74 Å². The molecule has 0 saturated carbocycles. The van der Waals surface area contributed by atoms with Crippen molar-refractivity contribution < 1.29 is 22.6 Å². The molecule has 0 aliphatic carbocycles. The molecule has 2 aromatic carbocycles. The molecule has 0 aliphatic heterocycles. The number of benzene rings is 2. The van der Waals surface area contributed by atoms with E-state index in [0.717, 1.165) is 0 Å². The fourth-order valence-electron chi connectivity index (χ4n) is 2.67. The van der Waals surface area contributed by atoms with Gasteiger partial charge in [0, 0.05) is 17.7 Å². The van der Waals surface area contributed by atoms with Gasteiger partial charge in [-0.25, -0.2) is 4.98 Å². The zero-order valence-corrected chi connectivity index (χ0v) is 15.6. The van der Waals surface area contributed by atoms with E-state index in [2.05, 4.69) is 20.0 Å². The number of anilines is 1. The first-order chi connectivity index (χ1) is 14.3. The number of hydrogen-bond acceptors (Lipinski definition) is 6. The van der Waals surface area contributed by atoms with Gasteiger partial charge in [0.25, 0.3) is 5.56 Å². The molecular formula is C20H15F3N4O3. The maximum absolute atomic E-state index is 12.6. The van der Waals surface area contributed by atoms with Crippen LogP contribution >= 0.6 is 0 Å². The van der Waals surface area contributed by atoms with Gasteiger partial charge in [0.15, 0.2) is 0 Å². The summed E-state index contributed by atoms with van der Waals surface area (Å²) in [7, 11) is 1.50. The van der Waals surface area contributed by atoms with Crippen molar-refractivity contribution in [3.63, 3.8) is 0 Å². The lowest BCUT2D eigenvalue weighted by Gasteiger charge is -2.14. The summed E-state index contributed by atoms with van der Waals surface area (Å²) < 4.78 is 46.8. The highest BCUT2D eigenvalue weighted by molar-refractivity contribution is 5.67. The monoisotopic (exact) mass is 416 g/mol. The second-order valence-corrected chi connectivity index (χ2v) is 5.99. The molecular weight excluding hydrogens is 401 g/mol. The molecule has 0 radical (unpaired) electrons. The van der Waals surface area contributed by atoms with E-state index in [0.29, 0.717) is 11.3 Å². The smallest absolute Gasteiger partial charge is 0.497 e. The van der Waals surface area contributed by atoms with Gasteiger partial charge >= 0.3 is 6.36 Å². The van der Waals surface area contributed by atoms with Crippen molar-refractivity contribution in [1.29, 1.82) is 5.26 Å². The fraction of sp³-hybridized carbons (Fsp3) is 0.150. The molecule has 0 fully saturated rings. The van der Waals surface area contributed by atoms with Crippen molar-refractivity contribution in [2.45, 2.75) is 12.9 Å².